The van der Waals surface area contributed by atoms with Crippen molar-refractivity contribution < 1.29 is 4.79 Å². The topological polar surface area (TPSA) is 59.0 Å². The summed E-state index contributed by atoms with van der Waals surface area (Å²) in [6, 6.07) is 7.79. The fourth-order valence-electron chi connectivity index (χ4n) is 2.87. The number of nitrogens with zero attached hydrogens (tertiary/aromatic N) is 2. The van der Waals surface area contributed by atoms with Crippen LogP contribution in [-0.4, -0.2) is 34.8 Å². The Morgan fingerprint density at radius 3 is 2.58 bits per heavy atom. The fourth-order valence-corrected chi connectivity index (χ4v) is 3.12. The number of carbonyl (C=O) groups excluding carboxylic acids is 1. The SMILES string of the molecule is Cc1nn(-c2ccc(C(=O)NC3CCCNC3)cc2)c(C)c1Br.Cl. The number of aryl methyl sites for hydroxylation is 1. The summed E-state index contributed by atoms with van der Waals surface area (Å²) >= 11 is 3.54. The van der Waals surface area contributed by atoms with Gasteiger partial charge in [0, 0.05) is 18.2 Å². The van der Waals surface area contributed by atoms with Gasteiger partial charge in [-0.05, 0) is 73.4 Å². The van der Waals surface area contributed by atoms with Gasteiger partial charge in [-0.3, -0.25) is 4.79 Å². The summed E-state index contributed by atoms with van der Waals surface area (Å²) in [7, 11) is 0. The Hall–Kier alpha value is -1.37. The minimum atomic E-state index is -0.0141. The molecule has 1 aliphatic rings. The van der Waals surface area contributed by atoms with Crippen molar-refractivity contribution in [2.45, 2.75) is 32.7 Å². The highest BCUT2D eigenvalue weighted by molar-refractivity contribution is 9.10. The highest BCUT2D eigenvalue weighted by atomic mass is 79.9. The molecule has 0 saturated carbocycles. The van der Waals surface area contributed by atoms with Crippen LogP contribution in [0, 0.1) is 13.8 Å². The summed E-state index contributed by atoms with van der Waals surface area (Å²) in [6.07, 6.45) is 2.15. The molecule has 7 heteroatoms. The Morgan fingerprint density at radius 2 is 2.04 bits per heavy atom. The average molecular weight is 414 g/mol. The van der Waals surface area contributed by atoms with Crippen LogP contribution in [0.5, 0.6) is 0 Å². The summed E-state index contributed by atoms with van der Waals surface area (Å²) in [5, 5.41) is 10.9. The summed E-state index contributed by atoms with van der Waals surface area (Å²) in [5.41, 5.74) is 3.63. The normalized spacial score (nSPS) is 17.2. The van der Waals surface area contributed by atoms with Crippen molar-refractivity contribution >= 4 is 34.2 Å². The third-order valence-corrected chi connectivity index (χ3v) is 5.36. The zero-order valence-electron chi connectivity index (χ0n) is 13.8. The molecule has 1 atom stereocenters. The van der Waals surface area contributed by atoms with Gasteiger partial charge in [-0.1, -0.05) is 0 Å². The van der Waals surface area contributed by atoms with Gasteiger partial charge in [-0.2, -0.15) is 5.10 Å². The minimum absolute atomic E-state index is 0. The predicted octanol–water partition coefficient (Wildman–Crippen LogP) is 3.16. The number of amides is 1. The average Bonchev–Trinajstić information content (AvgIpc) is 2.83. The van der Waals surface area contributed by atoms with Gasteiger partial charge in [0.1, 0.15) is 0 Å². The molecular formula is C17H22BrClN4O. The number of rotatable bonds is 3. The molecule has 0 spiro atoms. The van der Waals surface area contributed by atoms with Gasteiger partial charge in [0.05, 0.1) is 21.5 Å². The molecule has 24 heavy (non-hydrogen) atoms. The van der Waals surface area contributed by atoms with Crippen LogP contribution in [0.15, 0.2) is 28.7 Å². The first-order chi connectivity index (χ1) is 11.1. The maximum absolute atomic E-state index is 12.3. The van der Waals surface area contributed by atoms with Gasteiger partial charge in [0.25, 0.3) is 5.91 Å². The lowest BCUT2D eigenvalue weighted by Gasteiger charge is -2.23. The molecule has 2 heterocycles. The Balaban J connectivity index is 0.00000208. The molecule has 3 rings (SSSR count). The van der Waals surface area contributed by atoms with Gasteiger partial charge < -0.3 is 10.6 Å². The van der Waals surface area contributed by atoms with Crippen molar-refractivity contribution in [1.82, 2.24) is 20.4 Å². The maximum Gasteiger partial charge on any atom is 0.251 e. The number of benzene rings is 1. The van der Waals surface area contributed by atoms with Gasteiger partial charge in [-0.15, -0.1) is 12.4 Å². The number of carbonyl (C=O) groups is 1. The highest BCUT2D eigenvalue weighted by Crippen LogP contribution is 2.23. The molecule has 2 N–H and O–H groups in total. The van der Waals surface area contributed by atoms with E-state index in [0.29, 0.717) is 5.56 Å². The van der Waals surface area contributed by atoms with Crippen LogP contribution in [0.2, 0.25) is 0 Å². The highest BCUT2D eigenvalue weighted by Gasteiger charge is 2.16. The van der Waals surface area contributed by atoms with Crippen LogP contribution in [-0.2, 0) is 0 Å². The number of hydrogen-bond donors (Lipinski definition) is 2. The summed E-state index contributed by atoms with van der Waals surface area (Å²) in [4.78, 5) is 12.3. The van der Waals surface area contributed by atoms with E-state index in [1.807, 2.05) is 42.8 Å². The van der Waals surface area contributed by atoms with Gasteiger partial charge in [0.15, 0.2) is 0 Å². The van der Waals surface area contributed by atoms with Crippen LogP contribution in [0.3, 0.4) is 0 Å². The molecule has 1 fully saturated rings. The molecule has 1 aromatic carbocycles. The molecule has 5 nitrogen and oxygen atoms in total. The molecule has 1 amide bonds. The number of halogens is 2. The molecule has 1 aliphatic heterocycles. The largest absolute Gasteiger partial charge is 0.348 e. The lowest BCUT2D eigenvalue weighted by Crippen LogP contribution is -2.45. The molecule has 0 radical (unpaired) electrons. The van der Waals surface area contributed by atoms with E-state index in [-0.39, 0.29) is 24.4 Å². The Bertz CT molecular complexity index is 708. The molecule has 1 unspecified atom stereocenters. The third kappa shape index (κ3) is 3.99. The third-order valence-electron chi connectivity index (χ3n) is 4.21. The Labute approximate surface area is 156 Å². The number of aromatic nitrogens is 2. The van der Waals surface area contributed by atoms with E-state index in [4.69, 9.17) is 0 Å². The molecule has 0 bridgehead atoms. The molecule has 1 aromatic heterocycles. The van der Waals surface area contributed by atoms with Gasteiger partial charge in [-0.25, -0.2) is 4.68 Å². The van der Waals surface area contributed by atoms with Crippen LogP contribution in [0.1, 0.15) is 34.6 Å². The predicted molar refractivity (Wildman–Crippen MR) is 101 cm³/mol. The first kappa shape index (κ1) is 19.0. The van der Waals surface area contributed by atoms with E-state index >= 15 is 0 Å². The second-order valence-corrected chi connectivity index (χ2v) is 6.75. The summed E-state index contributed by atoms with van der Waals surface area (Å²) in [5.74, 6) is -0.0141. The second-order valence-electron chi connectivity index (χ2n) is 5.96. The zero-order valence-corrected chi connectivity index (χ0v) is 16.2. The Morgan fingerprint density at radius 1 is 1.33 bits per heavy atom. The van der Waals surface area contributed by atoms with Crippen molar-refractivity contribution in [2.24, 2.45) is 0 Å². The van der Waals surface area contributed by atoms with E-state index in [2.05, 4.69) is 31.7 Å². The van der Waals surface area contributed by atoms with Crippen LogP contribution in [0.4, 0.5) is 0 Å². The Kier molecular flexibility index (Phi) is 6.43. The first-order valence-corrected chi connectivity index (χ1v) is 8.69. The quantitative estimate of drug-likeness (QED) is 0.812. The minimum Gasteiger partial charge on any atom is -0.348 e. The van der Waals surface area contributed by atoms with E-state index in [9.17, 15) is 4.79 Å². The fraction of sp³-hybridized carbons (Fsp3) is 0.412. The monoisotopic (exact) mass is 412 g/mol. The smallest absolute Gasteiger partial charge is 0.251 e. The second kappa shape index (κ2) is 8.14. The standard InChI is InChI=1S/C17H21BrN4O.ClH/c1-11-16(18)12(2)22(21-11)15-7-5-13(6-8-15)17(23)20-14-4-3-9-19-10-14;/h5-8,14,19H,3-4,9-10H2,1-2H3,(H,20,23);1H. The molecular weight excluding hydrogens is 392 g/mol. The number of hydrogen-bond acceptors (Lipinski definition) is 3. The molecule has 0 aliphatic carbocycles. The number of piperidine rings is 1. The lowest BCUT2D eigenvalue weighted by atomic mass is 10.1. The van der Waals surface area contributed by atoms with Crippen molar-refractivity contribution in [3.63, 3.8) is 0 Å². The summed E-state index contributed by atoms with van der Waals surface area (Å²) < 4.78 is 2.90. The molecule has 2 aromatic rings. The van der Waals surface area contributed by atoms with Crippen molar-refractivity contribution in [2.75, 3.05) is 13.1 Å². The van der Waals surface area contributed by atoms with Crippen molar-refractivity contribution in [3.05, 3.63) is 45.7 Å². The molecule has 130 valence electrons. The first-order valence-electron chi connectivity index (χ1n) is 7.90. The van der Waals surface area contributed by atoms with E-state index < -0.39 is 0 Å². The lowest BCUT2D eigenvalue weighted by molar-refractivity contribution is 0.0930. The summed E-state index contributed by atoms with van der Waals surface area (Å²) in [6.45, 7) is 5.87. The van der Waals surface area contributed by atoms with E-state index in [1.54, 1.807) is 0 Å². The van der Waals surface area contributed by atoms with Crippen LogP contribution in [0.25, 0.3) is 5.69 Å². The van der Waals surface area contributed by atoms with E-state index in [1.165, 1.54) is 0 Å². The molecule has 1 saturated heterocycles. The van der Waals surface area contributed by atoms with E-state index in [0.717, 1.165) is 47.5 Å². The van der Waals surface area contributed by atoms with Crippen molar-refractivity contribution in [3.8, 4) is 5.69 Å². The maximum atomic E-state index is 12.3. The number of nitrogens with one attached hydrogen (secondary N) is 2. The zero-order chi connectivity index (χ0) is 16.4. The van der Waals surface area contributed by atoms with Gasteiger partial charge in [0.2, 0.25) is 0 Å². The van der Waals surface area contributed by atoms with Crippen molar-refractivity contribution in [1.29, 1.82) is 0 Å². The van der Waals surface area contributed by atoms with Crippen LogP contribution < -0.4 is 10.6 Å². The van der Waals surface area contributed by atoms with Gasteiger partial charge >= 0.3 is 0 Å². The van der Waals surface area contributed by atoms with Crippen LogP contribution >= 0.6 is 28.3 Å².